The topological polar surface area (TPSA) is 47.3 Å². The third kappa shape index (κ3) is 4.61. The molecule has 1 aromatic rings. The lowest BCUT2D eigenvalue weighted by Gasteiger charge is -2.10. The summed E-state index contributed by atoms with van der Waals surface area (Å²) in [5.41, 5.74) is 7.62. The van der Waals surface area contributed by atoms with Gasteiger partial charge in [-0.05, 0) is 43.9 Å². The summed E-state index contributed by atoms with van der Waals surface area (Å²) >= 11 is 0. The lowest BCUT2D eigenvalue weighted by atomic mass is 10.1. The highest BCUT2D eigenvalue weighted by molar-refractivity contribution is 5.67. The van der Waals surface area contributed by atoms with Gasteiger partial charge in [0.05, 0.1) is 11.4 Å². The van der Waals surface area contributed by atoms with Crippen LogP contribution in [0.15, 0.2) is 12.1 Å². The highest BCUT2D eigenvalue weighted by atomic mass is 19.1. The van der Waals surface area contributed by atoms with Crippen LogP contribution in [-0.4, -0.2) is 20.3 Å². The van der Waals surface area contributed by atoms with Gasteiger partial charge in [-0.3, -0.25) is 0 Å². The Hall–Kier alpha value is -1.29. The van der Waals surface area contributed by atoms with Crippen molar-refractivity contribution in [2.75, 3.05) is 31.3 Å². The van der Waals surface area contributed by atoms with Crippen LogP contribution in [0.5, 0.6) is 0 Å². The second-order valence-corrected chi connectivity index (χ2v) is 4.17. The van der Waals surface area contributed by atoms with E-state index in [0.29, 0.717) is 11.3 Å². The Bertz CT molecular complexity index is 356. The number of methoxy groups -OCH3 is 1. The van der Waals surface area contributed by atoms with Gasteiger partial charge in [0.25, 0.3) is 0 Å². The molecular weight excluding hydrogens is 219 g/mol. The zero-order valence-electron chi connectivity index (χ0n) is 10.6. The third-order valence-corrected chi connectivity index (χ3v) is 2.67. The van der Waals surface area contributed by atoms with E-state index in [2.05, 4.69) is 5.32 Å². The van der Waals surface area contributed by atoms with Crippen molar-refractivity contribution in [3.05, 3.63) is 23.5 Å². The van der Waals surface area contributed by atoms with Crippen molar-refractivity contribution in [3.8, 4) is 0 Å². The predicted molar refractivity (Wildman–Crippen MR) is 69.8 cm³/mol. The summed E-state index contributed by atoms with van der Waals surface area (Å²) in [5, 5.41) is 3.23. The van der Waals surface area contributed by atoms with Crippen LogP contribution in [0, 0.1) is 12.7 Å². The molecule has 4 heteroatoms. The fraction of sp³-hybridized carbons (Fsp3) is 0.538. The Balaban J connectivity index is 2.34. The van der Waals surface area contributed by atoms with E-state index < -0.39 is 0 Å². The summed E-state index contributed by atoms with van der Waals surface area (Å²) in [4.78, 5) is 0. The molecule has 1 rings (SSSR count). The number of aryl methyl sites for hydroxylation is 1. The number of halogens is 1. The second-order valence-electron chi connectivity index (χ2n) is 4.17. The molecule has 0 aliphatic rings. The first kappa shape index (κ1) is 13.8. The predicted octanol–water partition coefficient (Wildman–Crippen LogP) is 2.94. The van der Waals surface area contributed by atoms with Crippen LogP contribution in [-0.2, 0) is 4.74 Å². The fourth-order valence-electron chi connectivity index (χ4n) is 1.62. The van der Waals surface area contributed by atoms with Crippen LogP contribution >= 0.6 is 0 Å². The molecule has 0 fully saturated rings. The summed E-state index contributed by atoms with van der Waals surface area (Å²) in [6.07, 6.45) is 3.23. The van der Waals surface area contributed by atoms with E-state index in [4.69, 9.17) is 10.5 Å². The molecule has 3 N–H and O–H groups in total. The molecule has 96 valence electrons. The molecular formula is C13H21FN2O. The molecule has 0 atom stereocenters. The number of hydrogen-bond acceptors (Lipinski definition) is 3. The Labute approximate surface area is 102 Å². The number of ether oxygens (including phenoxy) is 1. The van der Waals surface area contributed by atoms with Gasteiger partial charge in [-0.1, -0.05) is 0 Å². The summed E-state index contributed by atoms with van der Waals surface area (Å²) in [6.45, 7) is 3.38. The summed E-state index contributed by atoms with van der Waals surface area (Å²) in [7, 11) is 1.71. The zero-order valence-corrected chi connectivity index (χ0v) is 10.6. The largest absolute Gasteiger partial charge is 0.397 e. The quantitative estimate of drug-likeness (QED) is 0.569. The van der Waals surface area contributed by atoms with E-state index in [1.54, 1.807) is 20.1 Å². The molecule has 17 heavy (non-hydrogen) atoms. The van der Waals surface area contributed by atoms with Gasteiger partial charge in [-0.2, -0.15) is 0 Å². The van der Waals surface area contributed by atoms with E-state index in [1.807, 2.05) is 0 Å². The molecule has 0 spiro atoms. The normalized spacial score (nSPS) is 10.5. The van der Waals surface area contributed by atoms with Crippen LogP contribution < -0.4 is 11.1 Å². The number of nitrogens with one attached hydrogen (secondary N) is 1. The van der Waals surface area contributed by atoms with Crippen molar-refractivity contribution in [1.82, 2.24) is 0 Å². The molecule has 1 aromatic carbocycles. The van der Waals surface area contributed by atoms with Crippen molar-refractivity contribution >= 4 is 11.4 Å². The van der Waals surface area contributed by atoms with Crippen molar-refractivity contribution in [2.24, 2.45) is 0 Å². The van der Waals surface area contributed by atoms with Gasteiger partial charge < -0.3 is 15.8 Å². The van der Waals surface area contributed by atoms with Crippen molar-refractivity contribution < 1.29 is 9.13 Å². The van der Waals surface area contributed by atoms with E-state index in [0.717, 1.165) is 38.1 Å². The second kappa shape index (κ2) is 7.12. The number of nitrogens with two attached hydrogens (primary N) is 1. The van der Waals surface area contributed by atoms with Gasteiger partial charge >= 0.3 is 0 Å². The van der Waals surface area contributed by atoms with Crippen LogP contribution in [0.1, 0.15) is 24.8 Å². The third-order valence-electron chi connectivity index (χ3n) is 2.67. The van der Waals surface area contributed by atoms with Crippen LogP contribution in [0.4, 0.5) is 15.8 Å². The molecule has 0 heterocycles. The van der Waals surface area contributed by atoms with E-state index in [-0.39, 0.29) is 5.82 Å². The molecule has 0 bridgehead atoms. The molecule has 0 saturated heterocycles. The van der Waals surface area contributed by atoms with E-state index >= 15 is 0 Å². The maximum Gasteiger partial charge on any atom is 0.128 e. The molecule has 0 saturated carbocycles. The lowest BCUT2D eigenvalue weighted by molar-refractivity contribution is 0.192. The Kier molecular flexibility index (Phi) is 5.77. The molecule has 0 aliphatic heterocycles. The van der Waals surface area contributed by atoms with Gasteiger partial charge in [0.15, 0.2) is 0 Å². The maximum absolute atomic E-state index is 13.2. The minimum Gasteiger partial charge on any atom is -0.397 e. The molecule has 0 amide bonds. The standard InChI is InChI=1S/C13H21FN2O/c1-10-8-13(12(15)9-11(10)14)16-6-4-3-5-7-17-2/h8-9,16H,3-7,15H2,1-2H3. The first-order valence-electron chi connectivity index (χ1n) is 5.93. The lowest BCUT2D eigenvalue weighted by Crippen LogP contribution is -2.05. The number of anilines is 2. The van der Waals surface area contributed by atoms with Crippen molar-refractivity contribution in [3.63, 3.8) is 0 Å². The number of rotatable bonds is 7. The molecule has 3 nitrogen and oxygen atoms in total. The van der Waals surface area contributed by atoms with Crippen molar-refractivity contribution in [2.45, 2.75) is 26.2 Å². The minimum absolute atomic E-state index is 0.256. The average molecular weight is 240 g/mol. The molecule has 0 radical (unpaired) electrons. The maximum atomic E-state index is 13.2. The first-order valence-corrected chi connectivity index (χ1v) is 5.93. The Morgan fingerprint density at radius 3 is 2.76 bits per heavy atom. The van der Waals surface area contributed by atoms with Gasteiger partial charge in [-0.25, -0.2) is 4.39 Å². The van der Waals surface area contributed by atoms with E-state index in [9.17, 15) is 4.39 Å². The van der Waals surface area contributed by atoms with Gasteiger partial charge in [-0.15, -0.1) is 0 Å². The first-order chi connectivity index (χ1) is 8.15. The Morgan fingerprint density at radius 1 is 1.29 bits per heavy atom. The number of unbranched alkanes of at least 4 members (excludes halogenated alkanes) is 2. The summed E-state index contributed by atoms with van der Waals surface area (Å²) in [6, 6.07) is 3.11. The fourth-order valence-corrected chi connectivity index (χ4v) is 1.62. The van der Waals surface area contributed by atoms with Gasteiger partial charge in [0, 0.05) is 20.3 Å². The van der Waals surface area contributed by atoms with Gasteiger partial charge in [0.1, 0.15) is 5.82 Å². The Morgan fingerprint density at radius 2 is 2.06 bits per heavy atom. The SMILES string of the molecule is COCCCCCNc1cc(C)c(F)cc1N. The highest BCUT2D eigenvalue weighted by Gasteiger charge is 2.03. The highest BCUT2D eigenvalue weighted by Crippen LogP contribution is 2.22. The average Bonchev–Trinajstić information content (AvgIpc) is 2.30. The number of nitrogen functional groups attached to an aromatic ring is 1. The van der Waals surface area contributed by atoms with Crippen LogP contribution in [0.25, 0.3) is 0 Å². The van der Waals surface area contributed by atoms with Crippen LogP contribution in [0.3, 0.4) is 0 Å². The summed E-state index contributed by atoms with van der Waals surface area (Å²) in [5.74, 6) is -0.256. The smallest absolute Gasteiger partial charge is 0.128 e. The monoisotopic (exact) mass is 240 g/mol. The molecule has 0 aliphatic carbocycles. The summed E-state index contributed by atoms with van der Waals surface area (Å²) < 4.78 is 18.1. The van der Waals surface area contributed by atoms with E-state index in [1.165, 1.54) is 6.07 Å². The van der Waals surface area contributed by atoms with Gasteiger partial charge in [0.2, 0.25) is 0 Å². The minimum atomic E-state index is -0.256. The molecule has 0 aromatic heterocycles. The molecule has 0 unspecified atom stereocenters. The van der Waals surface area contributed by atoms with Crippen molar-refractivity contribution in [1.29, 1.82) is 0 Å². The van der Waals surface area contributed by atoms with Crippen LogP contribution in [0.2, 0.25) is 0 Å². The zero-order chi connectivity index (χ0) is 12.7. The number of benzene rings is 1. The number of hydrogen-bond donors (Lipinski definition) is 2.